The first kappa shape index (κ1) is 16.5. The first-order valence-electron chi connectivity index (χ1n) is 8.07. The van der Waals surface area contributed by atoms with Crippen molar-refractivity contribution in [2.45, 2.75) is 44.4 Å². The molecule has 2 aromatic rings. The minimum atomic E-state index is 0.553. The summed E-state index contributed by atoms with van der Waals surface area (Å²) in [5.74, 6) is 0.553. The van der Waals surface area contributed by atoms with E-state index in [0.29, 0.717) is 5.92 Å². The molecule has 21 heavy (non-hydrogen) atoms. The third kappa shape index (κ3) is 5.82. The van der Waals surface area contributed by atoms with Crippen LogP contribution in [0.3, 0.4) is 0 Å². The molecule has 0 saturated carbocycles. The monoisotopic (exact) mass is 392 g/mol. The maximum absolute atomic E-state index is 2.47. The molecule has 0 aliphatic heterocycles. The highest BCUT2D eigenvalue weighted by Crippen LogP contribution is 2.29. The molecule has 1 heteroatoms. The maximum Gasteiger partial charge on any atom is 0.00893 e. The van der Waals surface area contributed by atoms with Gasteiger partial charge >= 0.3 is 0 Å². The molecule has 0 saturated heterocycles. The van der Waals surface area contributed by atoms with Crippen LogP contribution in [0.1, 0.15) is 55.6 Å². The summed E-state index contributed by atoms with van der Waals surface area (Å²) in [6, 6.07) is 21.9. The molecule has 0 spiro atoms. The Hall–Kier alpha value is -0.830. The van der Waals surface area contributed by atoms with Crippen LogP contribution in [0.4, 0.5) is 0 Å². The SMILES string of the molecule is ICCCCCCCC(c1ccccc1)c1ccccc1. The quantitative estimate of drug-likeness (QED) is 0.256. The predicted octanol–water partition coefficient (Wildman–Crippen LogP) is 6.59. The lowest BCUT2D eigenvalue weighted by Crippen LogP contribution is -2.01. The molecule has 0 heterocycles. The van der Waals surface area contributed by atoms with Crippen molar-refractivity contribution in [1.82, 2.24) is 0 Å². The minimum Gasteiger partial charge on any atom is -0.0864 e. The zero-order valence-electron chi connectivity index (χ0n) is 12.7. The van der Waals surface area contributed by atoms with Gasteiger partial charge in [-0.15, -0.1) is 0 Å². The van der Waals surface area contributed by atoms with E-state index < -0.39 is 0 Å². The van der Waals surface area contributed by atoms with Crippen LogP contribution in [0.15, 0.2) is 60.7 Å². The second-order valence-electron chi connectivity index (χ2n) is 5.62. The standard InChI is InChI=1S/C20H25I/c21-17-11-3-1-2-10-16-20(18-12-6-4-7-13-18)19-14-8-5-9-15-19/h4-9,12-15,20H,1-3,10-11,16-17H2. The van der Waals surface area contributed by atoms with Crippen LogP contribution in [0.2, 0.25) is 0 Å². The topological polar surface area (TPSA) is 0 Å². The molecule has 0 nitrogen and oxygen atoms in total. The third-order valence-electron chi connectivity index (χ3n) is 4.03. The fraction of sp³-hybridized carbons (Fsp3) is 0.400. The number of halogens is 1. The van der Waals surface area contributed by atoms with Gasteiger partial charge in [-0.3, -0.25) is 0 Å². The molecule has 2 rings (SSSR count). The van der Waals surface area contributed by atoms with Crippen LogP contribution in [-0.4, -0.2) is 4.43 Å². The molecule has 0 aliphatic rings. The lowest BCUT2D eigenvalue weighted by atomic mass is 9.87. The molecule has 0 aromatic heterocycles. The van der Waals surface area contributed by atoms with Crippen molar-refractivity contribution in [2.75, 3.05) is 4.43 Å². The Morgan fingerprint density at radius 3 is 1.62 bits per heavy atom. The molecule has 0 N–H and O–H groups in total. The average Bonchev–Trinajstić information content (AvgIpc) is 2.56. The zero-order chi connectivity index (χ0) is 14.8. The van der Waals surface area contributed by atoms with E-state index in [2.05, 4.69) is 83.3 Å². The fourth-order valence-corrected chi connectivity index (χ4v) is 3.41. The number of rotatable bonds is 9. The Balaban J connectivity index is 1.94. The van der Waals surface area contributed by atoms with Crippen molar-refractivity contribution in [3.8, 4) is 0 Å². The van der Waals surface area contributed by atoms with E-state index in [1.165, 1.54) is 54.1 Å². The summed E-state index contributed by atoms with van der Waals surface area (Å²) in [6.45, 7) is 0. The Morgan fingerprint density at radius 1 is 0.619 bits per heavy atom. The third-order valence-corrected chi connectivity index (χ3v) is 4.79. The molecule has 0 radical (unpaired) electrons. The van der Waals surface area contributed by atoms with Gasteiger partial charge in [-0.05, 0) is 28.4 Å². The Morgan fingerprint density at radius 2 is 1.10 bits per heavy atom. The Labute approximate surface area is 143 Å². The normalized spacial score (nSPS) is 11.0. The van der Waals surface area contributed by atoms with E-state index in [1.807, 2.05) is 0 Å². The lowest BCUT2D eigenvalue weighted by Gasteiger charge is -2.18. The van der Waals surface area contributed by atoms with Crippen LogP contribution in [0, 0.1) is 0 Å². The highest BCUT2D eigenvalue weighted by atomic mass is 127. The second-order valence-corrected chi connectivity index (χ2v) is 6.70. The van der Waals surface area contributed by atoms with Gasteiger partial charge in [0.05, 0.1) is 0 Å². The smallest absolute Gasteiger partial charge is 0.00893 e. The van der Waals surface area contributed by atoms with Crippen LogP contribution in [0.25, 0.3) is 0 Å². The van der Waals surface area contributed by atoms with E-state index in [1.54, 1.807) is 0 Å². The number of hydrogen-bond acceptors (Lipinski definition) is 0. The summed E-state index contributed by atoms with van der Waals surface area (Å²) in [5, 5.41) is 0. The van der Waals surface area contributed by atoms with Crippen molar-refractivity contribution >= 4 is 22.6 Å². The summed E-state index contributed by atoms with van der Waals surface area (Å²) < 4.78 is 1.30. The molecule has 0 amide bonds. The van der Waals surface area contributed by atoms with Gasteiger partial charge < -0.3 is 0 Å². The molecule has 0 atom stereocenters. The zero-order valence-corrected chi connectivity index (χ0v) is 14.8. The van der Waals surface area contributed by atoms with Gasteiger partial charge in [0.15, 0.2) is 0 Å². The second kappa shape index (κ2) is 9.99. The molecule has 0 aliphatic carbocycles. The van der Waals surface area contributed by atoms with E-state index in [0.717, 1.165) is 0 Å². The number of unbranched alkanes of at least 4 members (excludes halogenated alkanes) is 4. The van der Waals surface area contributed by atoms with Crippen molar-refractivity contribution in [3.05, 3.63) is 71.8 Å². The van der Waals surface area contributed by atoms with Gasteiger partial charge in [0.25, 0.3) is 0 Å². The van der Waals surface area contributed by atoms with Gasteiger partial charge in [0, 0.05) is 5.92 Å². The van der Waals surface area contributed by atoms with E-state index in [9.17, 15) is 0 Å². The van der Waals surface area contributed by atoms with Crippen molar-refractivity contribution < 1.29 is 0 Å². The summed E-state index contributed by atoms with van der Waals surface area (Å²) in [7, 11) is 0. The average molecular weight is 392 g/mol. The first-order valence-corrected chi connectivity index (χ1v) is 9.60. The number of hydrogen-bond donors (Lipinski definition) is 0. The first-order chi connectivity index (χ1) is 10.4. The van der Waals surface area contributed by atoms with E-state index in [-0.39, 0.29) is 0 Å². The molecule has 0 fully saturated rings. The molecular weight excluding hydrogens is 367 g/mol. The van der Waals surface area contributed by atoms with Crippen LogP contribution in [-0.2, 0) is 0 Å². The lowest BCUT2D eigenvalue weighted by molar-refractivity contribution is 0.582. The summed E-state index contributed by atoms with van der Waals surface area (Å²) in [5.41, 5.74) is 2.91. The number of benzene rings is 2. The van der Waals surface area contributed by atoms with Crippen molar-refractivity contribution in [3.63, 3.8) is 0 Å². The van der Waals surface area contributed by atoms with Gasteiger partial charge in [-0.1, -0.05) is 109 Å². The summed E-state index contributed by atoms with van der Waals surface area (Å²) >= 11 is 2.47. The van der Waals surface area contributed by atoms with Gasteiger partial charge in [0.1, 0.15) is 0 Å². The summed E-state index contributed by atoms with van der Waals surface area (Å²) in [6.07, 6.45) is 8.12. The maximum atomic E-state index is 2.47. The van der Waals surface area contributed by atoms with Gasteiger partial charge in [0.2, 0.25) is 0 Å². The van der Waals surface area contributed by atoms with Crippen LogP contribution < -0.4 is 0 Å². The fourth-order valence-electron chi connectivity index (χ4n) is 2.87. The Kier molecular flexibility index (Phi) is 7.87. The largest absolute Gasteiger partial charge is 0.0864 e. The molecule has 0 bridgehead atoms. The van der Waals surface area contributed by atoms with Crippen molar-refractivity contribution in [2.24, 2.45) is 0 Å². The van der Waals surface area contributed by atoms with Gasteiger partial charge in [-0.25, -0.2) is 0 Å². The predicted molar refractivity (Wildman–Crippen MR) is 101 cm³/mol. The van der Waals surface area contributed by atoms with Crippen LogP contribution in [0.5, 0.6) is 0 Å². The van der Waals surface area contributed by atoms with E-state index >= 15 is 0 Å². The summed E-state index contributed by atoms with van der Waals surface area (Å²) in [4.78, 5) is 0. The molecular formula is C20H25I. The molecule has 112 valence electrons. The molecule has 0 unspecified atom stereocenters. The Bertz CT molecular complexity index is 438. The minimum absolute atomic E-state index is 0.553. The van der Waals surface area contributed by atoms with E-state index in [4.69, 9.17) is 0 Å². The molecule has 2 aromatic carbocycles. The number of alkyl halides is 1. The van der Waals surface area contributed by atoms with Gasteiger partial charge in [-0.2, -0.15) is 0 Å². The van der Waals surface area contributed by atoms with Crippen molar-refractivity contribution in [1.29, 1.82) is 0 Å². The van der Waals surface area contributed by atoms with Crippen LogP contribution >= 0.6 is 22.6 Å². The highest BCUT2D eigenvalue weighted by Gasteiger charge is 2.12. The highest BCUT2D eigenvalue weighted by molar-refractivity contribution is 14.1.